The Morgan fingerprint density at radius 1 is 0.714 bits per heavy atom. The first-order valence-corrected chi connectivity index (χ1v) is 9.26. The molecule has 0 saturated heterocycles. The second-order valence-corrected chi connectivity index (χ2v) is 5.97. The summed E-state index contributed by atoms with van der Waals surface area (Å²) >= 11 is 0. The molecule has 0 aliphatic carbocycles. The summed E-state index contributed by atoms with van der Waals surface area (Å²) in [5.41, 5.74) is 0.955. The number of ether oxygens (including phenoxy) is 4. The van der Waals surface area contributed by atoms with Crippen molar-refractivity contribution in [3.8, 4) is 11.5 Å². The molecule has 3 rings (SSSR count). The van der Waals surface area contributed by atoms with Gasteiger partial charge in [0.15, 0.2) is 5.75 Å². The van der Waals surface area contributed by atoms with Crippen LogP contribution in [0.4, 0.5) is 9.59 Å². The van der Waals surface area contributed by atoms with Gasteiger partial charge in [-0.05, 0) is 25.8 Å². The number of hydrogen-bond donors (Lipinski definition) is 0. The van der Waals surface area contributed by atoms with Gasteiger partial charge >= 0.3 is 12.3 Å². The molecule has 0 spiro atoms. The van der Waals surface area contributed by atoms with E-state index < -0.39 is 12.3 Å². The van der Waals surface area contributed by atoms with E-state index in [0.29, 0.717) is 39.5 Å². The minimum absolute atomic E-state index is 0.207. The van der Waals surface area contributed by atoms with Gasteiger partial charge in [-0.25, -0.2) is 9.59 Å². The minimum Gasteiger partial charge on any atom is -0.434 e. The summed E-state index contributed by atoms with van der Waals surface area (Å²) in [4.78, 5) is 24.1. The van der Waals surface area contributed by atoms with Gasteiger partial charge in [-0.2, -0.15) is 0 Å². The summed E-state index contributed by atoms with van der Waals surface area (Å²) in [7, 11) is 0. The summed E-state index contributed by atoms with van der Waals surface area (Å²) in [6, 6.07) is 12.9. The Hall–Kier alpha value is -3.28. The number of aryl methyl sites for hydroxylation is 1. The van der Waals surface area contributed by atoms with Crippen LogP contribution >= 0.6 is 0 Å². The molecule has 0 heterocycles. The van der Waals surface area contributed by atoms with Crippen molar-refractivity contribution in [1.82, 2.24) is 0 Å². The van der Waals surface area contributed by atoms with Crippen molar-refractivity contribution < 1.29 is 28.5 Å². The van der Waals surface area contributed by atoms with Crippen LogP contribution in [0.3, 0.4) is 0 Å². The topological polar surface area (TPSA) is 71.1 Å². The Balaban J connectivity index is 2.34. The second kappa shape index (κ2) is 8.61. The lowest BCUT2D eigenvalue weighted by molar-refractivity contribution is 0.103. The number of benzene rings is 3. The van der Waals surface area contributed by atoms with Crippen molar-refractivity contribution in [2.75, 3.05) is 13.2 Å². The van der Waals surface area contributed by atoms with Crippen LogP contribution in [-0.4, -0.2) is 25.5 Å². The van der Waals surface area contributed by atoms with Crippen LogP contribution in [0.15, 0.2) is 42.5 Å². The Morgan fingerprint density at radius 2 is 1.25 bits per heavy atom. The third-order valence-corrected chi connectivity index (χ3v) is 4.31. The Labute approximate surface area is 162 Å². The maximum Gasteiger partial charge on any atom is 0.513 e. The van der Waals surface area contributed by atoms with Crippen molar-refractivity contribution in [1.29, 1.82) is 0 Å². The van der Waals surface area contributed by atoms with E-state index in [0.717, 1.165) is 5.56 Å². The van der Waals surface area contributed by atoms with Gasteiger partial charge in [-0.3, -0.25) is 0 Å². The van der Waals surface area contributed by atoms with Gasteiger partial charge in [0.25, 0.3) is 0 Å². The predicted octanol–water partition coefficient (Wildman–Crippen LogP) is 5.63. The lowest BCUT2D eigenvalue weighted by Crippen LogP contribution is -2.13. The molecule has 0 fully saturated rings. The number of carbonyl (C=O) groups excluding carboxylic acids is 2. The molecule has 6 nitrogen and oxygen atoms in total. The van der Waals surface area contributed by atoms with Gasteiger partial charge in [0.1, 0.15) is 5.75 Å². The molecule has 28 heavy (non-hydrogen) atoms. The summed E-state index contributed by atoms with van der Waals surface area (Å²) in [5, 5.41) is 2.64. The van der Waals surface area contributed by atoms with E-state index in [1.165, 1.54) is 0 Å². The number of hydrogen-bond acceptors (Lipinski definition) is 6. The zero-order chi connectivity index (χ0) is 20.1. The average Bonchev–Trinajstić information content (AvgIpc) is 2.70. The summed E-state index contributed by atoms with van der Waals surface area (Å²) in [6.07, 6.45) is -0.859. The third kappa shape index (κ3) is 3.71. The highest BCUT2D eigenvalue weighted by molar-refractivity contribution is 6.13. The lowest BCUT2D eigenvalue weighted by Gasteiger charge is -2.17. The molecule has 0 atom stereocenters. The van der Waals surface area contributed by atoms with Crippen molar-refractivity contribution in [3.63, 3.8) is 0 Å². The van der Waals surface area contributed by atoms with Crippen molar-refractivity contribution in [2.24, 2.45) is 0 Å². The zero-order valence-electron chi connectivity index (χ0n) is 16.1. The van der Waals surface area contributed by atoms with E-state index >= 15 is 0 Å². The van der Waals surface area contributed by atoms with Crippen molar-refractivity contribution >= 4 is 33.9 Å². The van der Waals surface area contributed by atoms with E-state index in [1.807, 2.05) is 43.3 Å². The molecule has 0 aliphatic rings. The first kappa shape index (κ1) is 19.5. The number of rotatable bonds is 5. The normalized spacial score (nSPS) is 10.7. The molecular formula is C22H22O6. The fraction of sp³-hybridized carbons (Fsp3) is 0.273. The lowest BCUT2D eigenvalue weighted by atomic mass is 9.96. The molecule has 0 N–H and O–H groups in total. The quantitative estimate of drug-likeness (QED) is 0.324. The molecular weight excluding hydrogens is 360 g/mol. The van der Waals surface area contributed by atoms with Crippen LogP contribution in [0.1, 0.15) is 26.3 Å². The van der Waals surface area contributed by atoms with Crippen LogP contribution < -0.4 is 9.47 Å². The standard InChI is InChI=1S/C22H22O6/c1-4-14-10-9-13-17-18(14)20(28-22(24)26-6-3)16-12-8-7-11-15(16)19(17)27-21(23)25-5-2/h7-13H,4-6H2,1-3H3. The molecule has 3 aromatic carbocycles. The summed E-state index contributed by atoms with van der Waals surface area (Å²) in [6.45, 7) is 5.84. The largest absolute Gasteiger partial charge is 0.513 e. The van der Waals surface area contributed by atoms with Crippen LogP contribution in [0, 0.1) is 0 Å². The van der Waals surface area contributed by atoms with E-state index in [1.54, 1.807) is 19.9 Å². The molecule has 0 aromatic heterocycles. The molecule has 3 aromatic rings. The average molecular weight is 382 g/mol. The predicted molar refractivity (Wildman–Crippen MR) is 106 cm³/mol. The maximum absolute atomic E-state index is 12.1. The highest BCUT2D eigenvalue weighted by Gasteiger charge is 2.22. The third-order valence-electron chi connectivity index (χ3n) is 4.31. The van der Waals surface area contributed by atoms with Gasteiger partial charge in [-0.1, -0.05) is 49.4 Å². The minimum atomic E-state index is -0.782. The molecule has 0 radical (unpaired) electrons. The van der Waals surface area contributed by atoms with E-state index in [9.17, 15) is 9.59 Å². The second-order valence-electron chi connectivity index (χ2n) is 5.97. The van der Waals surface area contributed by atoms with Gasteiger partial charge in [-0.15, -0.1) is 0 Å². The van der Waals surface area contributed by atoms with Crippen LogP contribution in [-0.2, 0) is 15.9 Å². The molecule has 0 bridgehead atoms. The van der Waals surface area contributed by atoms with Gasteiger partial charge in [0, 0.05) is 21.5 Å². The Morgan fingerprint density at radius 3 is 1.82 bits per heavy atom. The molecule has 0 saturated carbocycles. The van der Waals surface area contributed by atoms with E-state index in [4.69, 9.17) is 18.9 Å². The van der Waals surface area contributed by atoms with Crippen molar-refractivity contribution in [2.45, 2.75) is 27.2 Å². The molecule has 0 amide bonds. The van der Waals surface area contributed by atoms with Gasteiger partial charge < -0.3 is 18.9 Å². The summed E-state index contributed by atoms with van der Waals surface area (Å²) in [5.74, 6) is 0.758. The first-order chi connectivity index (χ1) is 13.6. The molecule has 6 heteroatoms. The fourth-order valence-electron chi connectivity index (χ4n) is 3.19. The van der Waals surface area contributed by atoms with Gasteiger partial charge in [0.2, 0.25) is 0 Å². The zero-order valence-corrected chi connectivity index (χ0v) is 16.1. The highest BCUT2D eigenvalue weighted by atomic mass is 16.7. The van der Waals surface area contributed by atoms with Crippen LogP contribution in [0.2, 0.25) is 0 Å². The highest BCUT2D eigenvalue weighted by Crippen LogP contribution is 2.44. The monoisotopic (exact) mass is 382 g/mol. The molecule has 0 unspecified atom stereocenters. The van der Waals surface area contributed by atoms with Crippen LogP contribution in [0.25, 0.3) is 21.5 Å². The Bertz CT molecular complexity index is 1020. The maximum atomic E-state index is 12.1. The van der Waals surface area contributed by atoms with E-state index in [2.05, 4.69) is 0 Å². The summed E-state index contributed by atoms with van der Waals surface area (Å²) < 4.78 is 21.1. The fourth-order valence-corrected chi connectivity index (χ4v) is 3.19. The van der Waals surface area contributed by atoms with Crippen LogP contribution in [0.5, 0.6) is 11.5 Å². The van der Waals surface area contributed by atoms with Crippen molar-refractivity contribution in [3.05, 3.63) is 48.0 Å². The number of fused-ring (bicyclic) bond motifs is 2. The van der Waals surface area contributed by atoms with Gasteiger partial charge in [0.05, 0.1) is 13.2 Å². The van der Waals surface area contributed by atoms with E-state index in [-0.39, 0.29) is 13.2 Å². The SMILES string of the molecule is CCOC(=O)Oc1c2ccccc2c(OC(=O)OCC)c2c(CC)cccc12. The first-order valence-electron chi connectivity index (χ1n) is 9.26. The number of carbonyl (C=O) groups is 2. The Kier molecular flexibility index (Phi) is 5.99. The molecule has 146 valence electrons. The molecule has 0 aliphatic heterocycles. The smallest absolute Gasteiger partial charge is 0.434 e.